The van der Waals surface area contributed by atoms with Gasteiger partial charge in [-0.05, 0) is 30.7 Å². The minimum Gasteiger partial charge on any atom is -0.463 e. The highest BCUT2D eigenvalue weighted by Crippen LogP contribution is 2.32. The van der Waals surface area contributed by atoms with Crippen LogP contribution in [0.3, 0.4) is 0 Å². The second-order valence-electron chi connectivity index (χ2n) is 5.88. The van der Waals surface area contributed by atoms with Crippen molar-refractivity contribution in [2.24, 2.45) is 0 Å². The van der Waals surface area contributed by atoms with Crippen molar-refractivity contribution in [1.82, 2.24) is 15.3 Å². The van der Waals surface area contributed by atoms with Crippen molar-refractivity contribution in [2.75, 3.05) is 5.75 Å². The third kappa shape index (κ3) is 5.13. The zero-order chi connectivity index (χ0) is 20.1. The molecule has 3 rings (SSSR count). The van der Waals surface area contributed by atoms with E-state index in [1.807, 2.05) is 37.3 Å². The molecule has 0 fully saturated rings. The third-order valence-electron chi connectivity index (χ3n) is 3.78. The van der Waals surface area contributed by atoms with Crippen LogP contribution in [-0.2, 0) is 11.0 Å². The van der Waals surface area contributed by atoms with Crippen LogP contribution in [0.4, 0.5) is 13.2 Å². The van der Waals surface area contributed by atoms with Gasteiger partial charge in [0.1, 0.15) is 11.4 Å². The Hall–Kier alpha value is -2.81. The van der Waals surface area contributed by atoms with Crippen molar-refractivity contribution in [2.45, 2.75) is 24.3 Å². The van der Waals surface area contributed by atoms with Crippen molar-refractivity contribution in [3.05, 3.63) is 66.1 Å². The molecule has 0 aliphatic rings. The van der Waals surface area contributed by atoms with Crippen LogP contribution in [0.2, 0.25) is 0 Å². The highest BCUT2D eigenvalue weighted by molar-refractivity contribution is 7.99. The number of hydrogen-bond acceptors (Lipinski definition) is 5. The second kappa shape index (κ2) is 8.47. The first-order valence-electron chi connectivity index (χ1n) is 8.30. The molecule has 2 heterocycles. The van der Waals surface area contributed by atoms with Crippen LogP contribution < -0.4 is 5.32 Å². The summed E-state index contributed by atoms with van der Waals surface area (Å²) >= 11 is 0.831. The Labute approximate surface area is 163 Å². The normalized spacial score (nSPS) is 12.6. The van der Waals surface area contributed by atoms with Gasteiger partial charge in [-0.2, -0.15) is 13.2 Å². The Bertz CT molecular complexity index is 931. The maximum atomic E-state index is 13.1. The first kappa shape index (κ1) is 19.9. The molecule has 0 saturated carbocycles. The molecule has 0 spiro atoms. The lowest BCUT2D eigenvalue weighted by Gasteiger charge is -2.14. The molecule has 1 amide bonds. The molecule has 0 bridgehead atoms. The molecule has 146 valence electrons. The monoisotopic (exact) mass is 407 g/mol. The highest BCUT2D eigenvalue weighted by Gasteiger charge is 2.34. The van der Waals surface area contributed by atoms with E-state index in [-0.39, 0.29) is 34.3 Å². The number of benzene rings is 1. The van der Waals surface area contributed by atoms with Gasteiger partial charge in [-0.1, -0.05) is 42.1 Å². The molecule has 1 N–H and O–H groups in total. The molecule has 2 aromatic heterocycles. The molecule has 0 aliphatic carbocycles. The Morgan fingerprint density at radius 2 is 1.93 bits per heavy atom. The lowest BCUT2D eigenvalue weighted by Crippen LogP contribution is -2.28. The van der Waals surface area contributed by atoms with Crippen molar-refractivity contribution in [3.63, 3.8) is 0 Å². The Kier molecular flexibility index (Phi) is 6.03. The number of carbonyl (C=O) groups excluding carboxylic acids is 1. The van der Waals surface area contributed by atoms with E-state index in [1.54, 1.807) is 6.07 Å². The Balaban J connectivity index is 1.71. The van der Waals surface area contributed by atoms with Gasteiger partial charge in [0.2, 0.25) is 5.91 Å². The van der Waals surface area contributed by atoms with Gasteiger partial charge in [-0.3, -0.25) is 4.79 Å². The van der Waals surface area contributed by atoms with Gasteiger partial charge in [-0.25, -0.2) is 9.97 Å². The number of carbonyl (C=O) groups is 1. The predicted molar refractivity (Wildman–Crippen MR) is 98.5 cm³/mol. The van der Waals surface area contributed by atoms with Crippen LogP contribution in [0.5, 0.6) is 0 Å². The van der Waals surface area contributed by atoms with Crippen LogP contribution in [0, 0.1) is 0 Å². The largest absolute Gasteiger partial charge is 0.463 e. The number of furan rings is 1. The summed E-state index contributed by atoms with van der Waals surface area (Å²) in [7, 11) is 0. The van der Waals surface area contributed by atoms with Crippen LogP contribution >= 0.6 is 11.8 Å². The fourth-order valence-electron chi connectivity index (χ4n) is 2.42. The molecule has 0 saturated heterocycles. The van der Waals surface area contributed by atoms with Crippen molar-refractivity contribution >= 4 is 17.7 Å². The van der Waals surface area contributed by atoms with E-state index in [0.717, 1.165) is 23.4 Å². The van der Waals surface area contributed by atoms with Gasteiger partial charge < -0.3 is 9.73 Å². The van der Waals surface area contributed by atoms with Gasteiger partial charge in [0, 0.05) is 0 Å². The lowest BCUT2D eigenvalue weighted by atomic mass is 10.1. The Morgan fingerprint density at radius 1 is 1.18 bits per heavy atom. The molecule has 0 unspecified atom stereocenters. The molecule has 1 aromatic carbocycles. The predicted octanol–water partition coefficient (Wildman–Crippen LogP) is 4.72. The van der Waals surface area contributed by atoms with E-state index in [4.69, 9.17) is 4.42 Å². The van der Waals surface area contributed by atoms with Crippen LogP contribution in [-0.4, -0.2) is 21.6 Å². The number of amides is 1. The summed E-state index contributed by atoms with van der Waals surface area (Å²) < 4.78 is 44.5. The number of rotatable bonds is 6. The molecule has 9 heteroatoms. The van der Waals surface area contributed by atoms with Gasteiger partial charge in [0.15, 0.2) is 10.9 Å². The maximum absolute atomic E-state index is 13.1. The molecular formula is C19H16F3N3O2S. The first-order valence-corrected chi connectivity index (χ1v) is 9.29. The zero-order valence-electron chi connectivity index (χ0n) is 14.7. The number of halogens is 3. The quantitative estimate of drug-likeness (QED) is 0.473. The van der Waals surface area contributed by atoms with E-state index in [9.17, 15) is 18.0 Å². The number of aromatic nitrogens is 2. The highest BCUT2D eigenvalue weighted by atomic mass is 32.2. The van der Waals surface area contributed by atoms with Gasteiger partial charge in [0.25, 0.3) is 0 Å². The minimum atomic E-state index is -4.64. The Morgan fingerprint density at radius 3 is 2.57 bits per heavy atom. The van der Waals surface area contributed by atoms with Crippen LogP contribution in [0.15, 0.2) is 64.4 Å². The molecule has 28 heavy (non-hydrogen) atoms. The van der Waals surface area contributed by atoms with Crippen molar-refractivity contribution in [1.29, 1.82) is 0 Å². The topological polar surface area (TPSA) is 68.0 Å². The molecule has 0 aliphatic heterocycles. The summed E-state index contributed by atoms with van der Waals surface area (Å²) in [6.45, 7) is 1.83. The summed E-state index contributed by atoms with van der Waals surface area (Å²) in [6, 6.07) is 13.0. The minimum absolute atomic E-state index is 0.00730. The molecule has 3 aromatic rings. The average molecular weight is 407 g/mol. The number of nitrogens with zero attached hydrogens (tertiary/aromatic N) is 2. The number of nitrogens with one attached hydrogen (secondary N) is 1. The van der Waals surface area contributed by atoms with Crippen LogP contribution in [0.25, 0.3) is 11.5 Å². The fraction of sp³-hybridized carbons (Fsp3) is 0.211. The van der Waals surface area contributed by atoms with Crippen LogP contribution in [0.1, 0.15) is 24.2 Å². The van der Waals surface area contributed by atoms with E-state index in [2.05, 4.69) is 15.3 Å². The number of hydrogen-bond donors (Lipinski definition) is 1. The molecular weight excluding hydrogens is 391 g/mol. The van der Waals surface area contributed by atoms with E-state index < -0.39 is 11.9 Å². The third-order valence-corrected chi connectivity index (χ3v) is 4.63. The second-order valence-corrected chi connectivity index (χ2v) is 6.83. The smallest absolute Gasteiger partial charge is 0.433 e. The van der Waals surface area contributed by atoms with Gasteiger partial charge in [0.05, 0.1) is 18.1 Å². The molecule has 5 nitrogen and oxygen atoms in total. The summed E-state index contributed by atoms with van der Waals surface area (Å²) in [6.07, 6.45) is -3.29. The first-order chi connectivity index (χ1) is 13.3. The summed E-state index contributed by atoms with van der Waals surface area (Å²) in [5.74, 6) is -0.255. The van der Waals surface area contributed by atoms with Crippen molar-refractivity contribution in [3.8, 4) is 11.5 Å². The van der Waals surface area contributed by atoms with Crippen molar-refractivity contribution < 1.29 is 22.4 Å². The van der Waals surface area contributed by atoms with Gasteiger partial charge in [-0.15, -0.1) is 0 Å². The van der Waals surface area contributed by atoms with E-state index in [1.165, 1.54) is 12.3 Å². The maximum Gasteiger partial charge on any atom is 0.433 e. The average Bonchev–Trinajstić information content (AvgIpc) is 3.21. The number of thioether (sulfide) groups is 1. The standard InChI is InChI=1S/C19H16F3N3O2S/c1-12(13-6-3-2-4-7-13)23-17(26)11-28-18-24-14(15-8-5-9-27-15)10-16(25-18)19(20,21)22/h2-10,12H,11H2,1H3,(H,23,26)/t12-/m0/s1. The van der Waals surface area contributed by atoms with E-state index >= 15 is 0 Å². The van der Waals surface area contributed by atoms with Gasteiger partial charge >= 0.3 is 6.18 Å². The van der Waals surface area contributed by atoms with E-state index in [0.29, 0.717) is 0 Å². The number of alkyl halides is 3. The SMILES string of the molecule is C[C@H](NC(=O)CSc1nc(-c2ccco2)cc(C(F)(F)F)n1)c1ccccc1. The fourth-order valence-corrected chi connectivity index (χ4v) is 3.09. The zero-order valence-corrected chi connectivity index (χ0v) is 15.6. The summed E-state index contributed by atoms with van der Waals surface area (Å²) in [5.41, 5.74) is -0.154. The summed E-state index contributed by atoms with van der Waals surface area (Å²) in [4.78, 5) is 19.8. The lowest BCUT2D eigenvalue weighted by molar-refractivity contribution is -0.141. The summed E-state index contributed by atoms with van der Waals surface area (Å²) in [5, 5.41) is 2.65. The molecule has 0 radical (unpaired) electrons. The molecule has 1 atom stereocenters.